The van der Waals surface area contributed by atoms with Crippen LogP contribution in [0.2, 0.25) is 0 Å². The molecular formula is C12H13F2NO2. The molecule has 0 aliphatic heterocycles. The standard InChI is InChI=1S/C12H13F2NO2/c1-7-2-5-9(11(14)10(7)13)12(16)15-17-6-8-3-4-8/h2,5,8H,3-4,6H2,1H3,(H,15,16). The van der Waals surface area contributed by atoms with Gasteiger partial charge in [0.25, 0.3) is 5.91 Å². The van der Waals surface area contributed by atoms with E-state index in [-0.39, 0.29) is 11.1 Å². The van der Waals surface area contributed by atoms with Gasteiger partial charge in [0, 0.05) is 0 Å². The largest absolute Gasteiger partial charge is 0.277 e. The fourth-order valence-corrected chi connectivity index (χ4v) is 1.39. The van der Waals surface area contributed by atoms with E-state index >= 15 is 0 Å². The summed E-state index contributed by atoms with van der Waals surface area (Å²) in [6.07, 6.45) is 2.17. The molecule has 5 heteroatoms. The lowest BCUT2D eigenvalue weighted by Crippen LogP contribution is -2.26. The SMILES string of the molecule is Cc1ccc(C(=O)NOCC2CC2)c(F)c1F. The van der Waals surface area contributed by atoms with E-state index < -0.39 is 17.5 Å². The van der Waals surface area contributed by atoms with Crippen LogP contribution in [0, 0.1) is 24.5 Å². The van der Waals surface area contributed by atoms with Crippen molar-refractivity contribution >= 4 is 5.91 Å². The number of hydrogen-bond donors (Lipinski definition) is 1. The topological polar surface area (TPSA) is 38.3 Å². The van der Waals surface area contributed by atoms with Crippen LogP contribution in [0.5, 0.6) is 0 Å². The minimum atomic E-state index is -1.14. The summed E-state index contributed by atoms with van der Waals surface area (Å²) in [5, 5.41) is 0. The molecular weight excluding hydrogens is 228 g/mol. The van der Waals surface area contributed by atoms with Crippen molar-refractivity contribution in [2.75, 3.05) is 6.61 Å². The molecule has 0 saturated heterocycles. The molecule has 1 N–H and O–H groups in total. The molecule has 1 aromatic rings. The number of carbonyl (C=O) groups is 1. The van der Waals surface area contributed by atoms with E-state index in [1.54, 1.807) is 0 Å². The van der Waals surface area contributed by atoms with E-state index in [4.69, 9.17) is 4.84 Å². The van der Waals surface area contributed by atoms with E-state index in [1.165, 1.54) is 19.1 Å². The minimum absolute atomic E-state index is 0.165. The number of nitrogens with one attached hydrogen (secondary N) is 1. The number of hydrogen-bond acceptors (Lipinski definition) is 2. The number of rotatable bonds is 4. The smallest absolute Gasteiger partial charge is 0.273 e. The summed E-state index contributed by atoms with van der Waals surface area (Å²) < 4.78 is 26.6. The van der Waals surface area contributed by atoms with Crippen molar-refractivity contribution in [1.29, 1.82) is 0 Å². The number of benzene rings is 1. The molecule has 0 atom stereocenters. The second-order valence-electron chi connectivity index (χ2n) is 4.24. The summed E-state index contributed by atoms with van der Waals surface area (Å²) >= 11 is 0. The molecule has 1 fully saturated rings. The van der Waals surface area contributed by atoms with Crippen LogP contribution >= 0.6 is 0 Å². The summed E-state index contributed by atoms with van der Waals surface area (Å²) in [4.78, 5) is 16.4. The Kier molecular flexibility index (Phi) is 3.38. The van der Waals surface area contributed by atoms with E-state index in [0.717, 1.165) is 12.8 Å². The first-order valence-electron chi connectivity index (χ1n) is 5.46. The molecule has 0 radical (unpaired) electrons. The van der Waals surface area contributed by atoms with Gasteiger partial charge in [-0.15, -0.1) is 0 Å². The van der Waals surface area contributed by atoms with Crippen LogP contribution in [0.1, 0.15) is 28.8 Å². The highest BCUT2D eigenvalue weighted by atomic mass is 19.2. The van der Waals surface area contributed by atoms with Crippen molar-refractivity contribution in [3.63, 3.8) is 0 Å². The van der Waals surface area contributed by atoms with Gasteiger partial charge in [0.15, 0.2) is 11.6 Å². The Morgan fingerprint density at radius 1 is 1.41 bits per heavy atom. The Morgan fingerprint density at radius 2 is 2.12 bits per heavy atom. The monoisotopic (exact) mass is 241 g/mol. The third-order valence-corrected chi connectivity index (χ3v) is 2.70. The van der Waals surface area contributed by atoms with Crippen molar-refractivity contribution in [2.24, 2.45) is 5.92 Å². The summed E-state index contributed by atoms with van der Waals surface area (Å²) in [6, 6.07) is 2.60. The van der Waals surface area contributed by atoms with Gasteiger partial charge in [-0.05, 0) is 37.3 Å². The van der Waals surface area contributed by atoms with Crippen LogP contribution in [0.4, 0.5) is 8.78 Å². The van der Waals surface area contributed by atoms with Gasteiger partial charge in [-0.25, -0.2) is 14.3 Å². The van der Waals surface area contributed by atoms with E-state index in [1.807, 2.05) is 0 Å². The van der Waals surface area contributed by atoms with Crippen molar-refractivity contribution in [3.05, 3.63) is 34.9 Å². The Morgan fingerprint density at radius 3 is 2.76 bits per heavy atom. The lowest BCUT2D eigenvalue weighted by atomic mass is 10.1. The van der Waals surface area contributed by atoms with Gasteiger partial charge in [-0.2, -0.15) is 0 Å². The zero-order chi connectivity index (χ0) is 12.4. The molecule has 0 unspecified atom stereocenters. The molecule has 17 heavy (non-hydrogen) atoms. The molecule has 92 valence electrons. The molecule has 1 amide bonds. The third-order valence-electron chi connectivity index (χ3n) is 2.70. The number of hydroxylamine groups is 1. The maximum absolute atomic E-state index is 13.4. The minimum Gasteiger partial charge on any atom is -0.273 e. The average molecular weight is 241 g/mol. The molecule has 3 nitrogen and oxygen atoms in total. The second-order valence-corrected chi connectivity index (χ2v) is 4.24. The van der Waals surface area contributed by atoms with Crippen LogP contribution in [0.3, 0.4) is 0 Å². The van der Waals surface area contributed by atoms with Crippen LogP contribution < -0.4 is 5.48 Å². The predicted octanol–water partition coefficient (Wildman–Crippen LogP) is 2.34. The third kappa shape index (κ3) is 2.79. The van der Waals surface area contributed by atoms with E-state index in [2.05, 4.69) is 5.48 Å². The van der Waals surface area contributed by atoms with Crippen LogP contribution in [-0.2, 0) is 4.84 Å². The summed E-state index contributed by atoms with van der Waals surface area (Å²) in [6.45, 7) is 1.85. The lowest BCUT2D eigenvalue weighted by molar-refractivity contribution is 0.0266. The predicted molar refractivity (Wildman–Crippen MR) is 57.2 cm³/mol. The fourth-order valence-electron chi connectivity index (χ4n) is 1.39. The van der Waals surface area contributed by atoms with E-state index in [9.17, 15) is 13.6 Å². The Balaban J connectivity index is 2.00. The van der Waals surface area contributed by atoms with Crippen molar-refractivity contribution in [1.82, 2.24) is 5.48 Å². The van der Waals surface area contributed by atoms with Gasteiger partial charge in [0.05, 0.1) is 12.2 Å². The molecule has 1 aromatic carbocycles. The van der Waals surface area contributed by atoms with Crippen molar-refractivity contribution < 1.29 is 18.4 Å². The normalized spacial score (nSPS) is 14.8. The fraction of sp³-hybridized carbons (Fsp3) is 0.417. The first-order valence-corrected chi connectivity index (χ1v) is 5.46. The highest BCUT2D eigenvalue weighted by molar-refractivity contribution is 5.93. The molecule has 1 aliphatic rings. The molecule has 1 saturated carbocycles. The highest BCUT2D eigenvalue weighted by Crippen LogP contribution is 2.28. The van der Waals surface area contributed by atoms with Gasteiger partial charge >= 0.3 is 0 Å². The second kappa shape index (κ2) is 4.79. The average Bonchev–Trinajstić information content (AvgIpc) is 3.10. The van der Waals surface area contributed by atoms with E-state index in [0.29, 0.717) is 12.5 Å². The zero-order valence-corrected chi connectivity index (χ0v) is 9.43. The van der Waals surface area contributed by atoms with Crippen LogP contribution in [-0.4, -0.2) is 12.5 Å². The maximum Gasteiger partial charge on any atom is 0.277 e. The van der Waals surface area contributed by atoms with Gasteiger partial charge in [-0.3, -0.25) is 9.63 Å². The van der Waals surface area contributed by atoms with Gasteiger partial charge in [0.2, 0.25) is 0 Å². The molecule has 2 rings (SSSR count). The molecule has 0 aromatic heterocycles. The quantitative estimate of drug-likeness (QED) is 0.822. The van der Waals surface area contributed by atoms with Crippen LogP contribution in [0.15, 0.2) is 12.1 Å². The molecule has 0 heterocycles. The number of amides is 1. The summed E-state index contributed by atoms with van der Waals surface area (Å²) in [5.41, 5.74) is 1.93. The van der Waals surface area contributed by atoms with Crippen LogP contribution in [0.25, 0.3) is 0 Å². The number of aryl methyl sites for hydroxylation is 1. The first kappa shape index (κ1) is 12.0. The first-order chi connectivity index (χ1) is 8.09. The number of carbonyl (C=O) groups excluding carboxylic acids is 1. The number of halogens is 2. The summed E-state index contributed by atoms with van der Waals surface area (Å²) in [7, 11) is 0. The Hall–Kier alpha value is -1.49. The molecule has 1 aliphatic carbocycles. The Bertz CT molecular complexity index is 444. The Labute approximate surface area is 97.7 Å². The van der Waals surface area contributed by atoms with Crippen molar-refractivity contribution in [3.8, 4) is 0 Å². The highest BCUT2D eigenvalue weighted by Gasteiger charge is 2.22. The van der Waals surface area contributed by atoms with Gasteiger partial charge in [0.1, 0.15) is 0 Å². The molecule has 0 spiro atoms. The van der Waals surface area contributed by atoms with Gasteiger partial charge in [-0.1, -0.05) is 6.07 Å². The summed E-state index contributed by atoms with van der Waals surface area (Å²) in [5.74, 6) is -2.42. The van der Waals surface area contributed by atoms with Crippen molar-refractivity contribution in [2.45, 2.75) is 19.8 Å². The van der Waals surface area contributed by atoms with Gasteiger partial charge < -0.3 is 0 Å². The lowest BCUT2D eigenvalue weighted by Gasteiger charge is -2.07. The zero-order valence-electron chi connectivity index (χ0n) is 9.43. The molecule has 0 bridgehead atoms. The maximum atomic E-state index is 13.4.